The summed E-state index contributed by atoms with van der Waals surface area (Å²) in [7, 11) is 0. The van der Waals surface area contributed by atoms with Gasteiger partial charge in [-0.05, 0) is 33.6 Å². The third-order valence-electron chi connectivity index (χ3n) is 3.40. The first-order chi connectivity index (χ1) is 11.5. The molecule has 2 heterocycles. The molecular weight excluding hydrogens is 343 g/mol. The molecule has 2 N–H and O–H groups in total. The summed E-state index contributed by atoms with van der Waals surface area (Å²) in [6.07, 6.45) is -4.10. The molecule has 11 heteroatoms. The highest BCUT2D eigenvalue weighted by Gasteiger charge is 2.39. The van der Waals surface area contributed by atoms with Gasteiger partial charge >= 0.3 is 18.2 Å². The highest BCUT2D eigenvalue weighted by atomic mass is 19.4. The predicted octanol–water partition coefficient (Wildman–Crippen LogP) is 2.06. The van der Waals surface area contributed by atoms with E-state index in [2.05, 4.69) is 15.2 Å². The van der Waals surface area contributed by atoms with Crippen LogP contribution in [-0.2, 0) is 16.1 Å². The Labute approximate surface area is 142 Å². The Balaban J connectivity index is 2.00. The molecule has 0 bridgehead atoms. The van der Waals surface area contributed by atoms with Crippen molar-refractivity contribution in [3.63, 3.8) is 0 Å². The van der Waals surface area contributed by atoms with Gasteiger partial charge in [0.05, 0.1) is 12.6 Å². The molecule has 140 valence electrons. The zero-order chi connectivity index (χ0) is 18.8. The molecule has 0 radical (unpaired) electrons. The molecule has 0 aromatic carbocycles. The Morgan fingerprint density at radius 3 is 2.64 bits per heavy atom. The minimum atomic E-state index is -4.96. The van der Waals surface area contributed by atoms with Crippen LogP contribution in [0.15, 0.2) is 0 Å². The van der Waals surface area contributed by atoms with E-state index >= 15 is 0 Å². The van der Waals surface area contributed by atoms with Gasteiger partial charge in [0.1, 0.15) is 11.4 Å². The molecule has 0 saturated carbocycles. The third kappa shape index (κ3) is 5.07. The van der Waals surface area contributed by atoms with Crippen molar-refractivity contribution in [2.45, 2.75) is 58.0 Å². The number of carbonyl (C=O) groups excluding carboxylic acids is 2. The summed E-state index contributed by atoms with van der Waals surface area (Å²) in [5.41, 5.74) is -0.643. The van der Waals surface area contributed by atoms with E-state index in [9.17, 15) is 22.8 Å². The van der Waals surface area contributed by atoms with Gasteiger partial charge in [-0.1, -0.05) is 0 Å². The summed E-state index contributed by atoms with van der Waals surface area (Å²) < 4.78 is 41.8. The van der Waals surface area contributed by atoms with Crippen LogP contribution in [0.4, 0.5) is 18.0 Å². The van der Waals surface area contributed by atoms with E-state index < -0.39 is 36.4 Å². The second kappa shape index (κ2) is 6.89. The highest BCUT2D eigenvalue weighted by Crippen LogP contribution is 2.31. The lowest BCUT2D eigenvalue weighted by Gasteiger charge is -2.27. The maximum atomic E-state index is 12.2. The molecule has 1 aromatic heterocycles. The topological polar surface area (TPSA) is 100 Å². The molecule has 2 rings (SSSR count). The van der Waals surface area contributed by atoms with Crippen LogP contribution in [0.5, 0.6) is 0 Å². The lowest BCUT2D eigenvalue weighted by Crippen LogP contribution is -2.37. The van der Waals surface area contributed by atoms with Crippen molar-refractivity contribution in [1.29, 1.82) is 0 Å². The molecule has 1 aromatic rings. The van der Waals surface area contributed by atoms with E-state index in [0.717, 1.165) is 6.42 Å². The number of hydrogen-bond acceptors (Lipinski definition) is 5. The summed E-state index contributed by atoms with van der Waals surface area (Å²) in [6.45, 7) is 5.30. The molecule has 1 aliphatic heterocycles. The number of rotatable bonds is 3. The third-order valence-corrected chi connectivity index (χ3v) is 3.40. The molecular formula is C14H20F3N5O3. The lowest BCUT2D eigenvalue weighted by atomic mass is 10.2. The second-order valence-electron chi connectivity index (χ2n) is 6.65. The Hall–Kier alpha value is -2.33. The summed E-state index contributed by atoms with van der Waals surface area (Å²) in [5.74, 6) is -1.70. The van der Waals surface area contributed by atoms with Gasteiger partial charge < -0.3 is 10.1 Å². The average molecular weight is 363 g/mol. The van der Waals surface area contributed by atoms with Crippen LogP contribution in [-0.4, -0.2) is 50.4 Å². The molecule has 1 fully saturated rings. The molecule has 1 unspecified atom stereocenters. The van der Waals surface area contributed by atoms with Gasteiger partial charge in [0.2, 0.25) is 0 Å². The summed E-state index contributed by atoms with van der Waals surface area (Å²) in [6, 6.07) is -0.418. The van der Waals surface area contributed by atoms with Crippen molar-refractivity contribution >= 4 is 12.0 Å². The van der Waals surface area contributed by atoms with Crippen LogP contribution in [0.1, 0.15) is 51.3 Å². The summed E-state index contributed by atoms with van der Waals surface area (Å²) >= 11 is 0. The maximum absolute atomic E-state index is 12.2. The van der Waals surface area contributed by atoms with Crippen molar-refractivity contribution in [2.24, 2.45) is 0 Å². The Morgan fingerprint density at radius 1 is 1.36 bits per heavy atom. The second-order valence-corrected chi connectivity index (χ2v) is 6.65. The number of aromatic nitrogens is 3. The van der Waals surface area contributed by atoms with Gasteiger partial charge in [-0.3, -0.25) is 14.8 Å². The number of carbonyl (C=O) groups is 2. The zero-order valence-electron chi connectivity index (χ0n) is 14.1. The first-order valence-electron chi connectivity index (χ1n) is 7.73. The number of H-pyrrole nitrogens is 1. The van der Waals surface area contributed by atoms with Crippen LogP contribution >= 0.6 is 0 Å². The Kier molecular flexibility index (Phi) is 5.23. The highest BCUT2D eigenvalue weighted by molar-refractivity contribution is 5.81. The SMILES string of the molecule is CC(C)(C)OC(=O)N1CCCC1c1n[nH]c(CNC(=O)C(F)(F)F)n1. The molecule has 2 amide bonds. The number of halogens is 3. The lowest BCUT2D eigenvalue weighted by molar-refractivity contribution is -0.173. The minimum Gasteiger partial charge on any atom is -0.444 e. The van der Waals surface area contributed by atoms with E-state index in [-0.39, 0.29) is 11.6 Å². The van der Waals surface area contributed by atoms with Gasteiger partial charge in [0, 0.05) is 6.54 Å². The number of alkyl halides is 3. The van der Waals surface area contributed by atoms with E-state index in [0.29, 0.717) is 13.0 Å². The van der Waals surface area contributed by atoms with Crippen LogP contribution in [0.2, 0.25) is 0 Å². The van der Waals surface area contributed by atoms with E-state index in [1.807, 2.05) is 0 Å². The molecule has 25 heavy (non-hydrogen) atoms. The average Bonchev–Trinajstić information content (AvgIpc) is 3.10. The summed E-state index contributed by atoms with van der Waals surface area (Å²) in [4.78, 5) is 28.6. The molecule has 0 aliphatic carbocycles. The van der Waals surface area contributed by atoms with Crippen molar-refractivity contribution in [3.8, 4) is 0 Å². The summed E-state index contributed by atoms with van der Waals surface area (Å²) in [5, 5.41) is 8.13. The normalized spacial score (nSPS) is 18.3. The number of amides is 2. The molecule has 1 aliphatic rings. The largest absolute Gasteiger partial charge is 0.471 e. The number of aromatic amines is 1. The van der Waals surface area contributed by atoms with Crippen LogP contribution in [0, 0.1) is 0 Å². The van der Waals surface area contributed by atoms with Gasteiger partial charge in [0.25, 0.3) is 0 Å². The Bertz CT molecular complexity index is 638. The van der Waals surface area contributed by atoms with Crippen molar-refractivity contribution in [2.75, 3.05) is 6.54 Å². The monoisotopic (exact) mass is 363 g/mol. The standard InChI is InChI=1S/C14H20F3N5O3/c1-13(2,3)25-12(24)22-6-4-5-8(22)10-19-9(20-21-10)7-18-11(23)14(15,16)17/h8H,4-7H2,1-3H3,(H,18,23)(H,19,20,21). The van der Waals surface area contributed by atoms with Gasteiger partial charge in [-0.2, -0.15) is 18.3 Å². The number of hydrogen-bond donors (Lipinski definition) is 2. The van der Waals surface area contributed by atoms with Crippen LogP contribution < -0.4 is 5.32 Å². The maximum Gasteiger partial charge on any atom is 0.471 e. The van der Waals surface area contributed by atoms with E-state index in [1.165, 1.54) is 4.90 Å². The smallest absolute Gasteiger partial charge is 0.444 e. The van der Waals surface area contributed by atoms with Crippen LogP contribution in [0.25, 0.3) is 0 Å². The van der Waals surface area contributed by atoms with Crippen molar-refractivity contribution in [1.82, 2.24) is 25.4 Å². The van der Waals surface area contributed by atoms with Crippen molar-refractivity contribution in [3.05, 3.63) is 11.6 Å². The fourth-order valence-corrected chi connectivity index (χ4v) is 2.38. The predicted molar refractivity (Wildman–Crippen MR) is 79.2 cm³/mol. The molecule has 0 spiro atoms. The van der Waals surface area contributed by atoms with E-state index in [1.54, 1.807) is 26.1 Å². The first-order valence-corrected chi connectivity index (χ1v) is 7.73. The quantitative estimate of drug-likeness (QED) is 0.856. The molecule has 8 nitrogen and oxygen atoms in total. The van der Waals surface area contributed by atoms with Gasteiger partial charge in [0.15, 0.2) is 5.82 Å². The van der Waals surface area contributed by atoms with Gasteiger partial charge in [-0.15, -0.1) is 0 Å². The van der Waals surface area contributed by atoms with Crippen LogP contribution in [0.3, 0.4) is 0 Å². The number of nitrogens with zero attached hydrogens (tertiary/aromatic N) is 3. The minimum absolute atomic E-state index is 0.0728. The fourth-order valence-electron chi connectivity index (χ4n) is 2.38. The zero-order valence-corrected chi connectivity index (χ0v) is 14.1. The van der Waals surface area contributed by atoms with Crippen molar-refractivity contribution < 1.29 is 27.5 Å². The van der Waals surface area contributed by atoms with E-state index in [4.69, 9.17) is 4.74 Å². The Morgan fingerprint density at radius 2 is 2.04 bits per heavy atom. The number of ether oxygens (including phenoxy) is 1. The number of likely N-dealkylation sites (tertiary alicyclic amines) is 1. The molecule has 1 atom stereocenters. The molecule has 1 saturated heterocycles. The number of nitrogens with one attached hydrogen (secondary N) is 2. The first kappa shape index (κ1) is 19.0. The van der Waals surface area contributed by atoms with Gasteiger partial charge in [-0.25, -0.2) is 9.78 Å². The fraction of sp³-hybridized carbons (Fsp3) is 0.714.